The summed E-state index contributed by atoms with van der Waals surface area (Å²) in [6, 6.07) is 12.0. The van der Waals surface area contributed by atoms with E-state index in [9.17, 15) is 0 Å². The van der Waals surface area contributed by atoms with Crippen LogP contribution in [-0.4, -0.2) is 20.6 Å². The molecule has 0 aliphatic carbocycles. The van der Waals surface area contributed by atoms with Crippen LogP contribution in [0.2, 0.25) is 0 Å². The predicted octanol–water partition coefficient (Wildman–Crippen LogP) is 4.43. The molecule has 0 saturated carbocycles. The molecule has 0 radical (unpaired) electrons. The van der Waals surface area contributed by atoms with Crippen LogP contribution < -0.4 is 10.5 Å². The van der Waals surface area contributed by atoms with Crippen LogP contribution in [0, 0.1) is 27.7 Å². The Kier molecular flexibility index (Phi) is 6.44. The average molecular weight is 407 g/mol. The molecule has 0 atom stereocenters. The maximum absolute atomic E-state index is 6.06. The standard InChI is InChI=1S/C23H26N4OS/c1-15-5-7-19(8-6-15)22(24)26-23(29)28-21-12-16(2)20(11-17(21)3)9-10-27-13-18(4)25-14-27/h5-8,11-14H,9-10H2,1-4H3,(H2,24,26,29). The molecule has 0 amide bonds. The number of aliphatic imine (C=N–C) groups is 1. The van der Waals surface area contributed by atoms with Crippen LogP contribution in [0.3, 0.4) is 0 Å². The zero-order valence-electron chi connectivity index (χ0n) is 17.3. The van der Waals surface area contributed by atoms with Gasteiger partial charge in [0, 0.05) is 18.3 Å². The van der Waals surface area contributed by atoms with Gasteiger partial charge >= 0.3 is 0 Å². The number of imidazole rings is 1. The predicted molar refractivity (Wildman–Crippen MR) is 122 cm³/mol. The zero-order valence-corrected chi connectivity index (χ0v) is 18.1. The molecule has 150 valence electrons. The Morgan fingerprint density at radius 3 is 2.48 bits per heavy atom. The summed E-state index contributed by atoms with van der Waals surface area (Å²) >= 11 is 5.29. The Balaban J connectivity index is 1.68. The largest absolute Gasteiger partial charge is 0.430 e. The Morgan fingerprint density at radius 2 is 1.83 bits per heavy atom. The molecular weight excluding hydrogens is 380 g/mol. The molecule has 1 heterocycles. The Morgan fingerprint density at radius 1 is 1.10 bits per heavy atom. The van der Waals surface area contributed by atoms with Gasteiger partial charge in [0.15, 0.2) is 0 Å². The number of amidine groups is 1. The second-order valence-corrected chi connectivity index (χ2v) is 7.63. The van der Waals surface area contributed by atoms with Crippen molar-refractivity contribution in [2.45, 2.75) is 40.7 Å². The van der Waals surface area contributed by atoms with E-state index in [0.29, 0.717) is 11.6 Å². The van der Waals surface area contributed by atoms with E-state index in [0.717, 1.165) is 40.9 Å². The molecule has 1 aromatic heterocycles. The number of hydrogen-bond donors (Lipinski definition) is 1. The van der Waals surface area contributed by atoms with Gasteiger partial charge in [-0.25, -0.2) is 4.98 Å². The van der Waals surface area contributed by atoms with Crippen LogP contribution in [0.5, 0.6) is 5.75 Å². The minimum absolute atomic E-state index is 0.104. The molecule has 0 spiro atoms. The van der Waals surface area contributed by atoms with Gasteiger partial charge in [0.1, 0.15) is 11.6 Å². The summed E-state index contributed by atoms with van der Waals surface area (Å²) in [6.45, 7) is 8.99. The highest BCUT2D eigenvalue weighted by Gasteiger charge is 2.09. The van der Waals surface area contributed by atoms with Crippen molar-refractivity contribution in [1.82, 2.24) is 9.55 Å². The average Bonchev–Trinajstić information content (AvgIpc) is 3.09. The van der Waals surface area contributed by atoms with Crippen molar-refractivity contribution in [3.05, 3.63) is 82.4 Å². The number of rotatable bonds is 5. The first kappa shape index (κ1) is 20.7. The quantitative estimate of drug-likeness (QED) is 0.387. The fourth-order valence-electron chi connectivity index (χ4n) is 3.08. The van der Waals surface area contributed by atoms with Crippen molar-refractivity contribution in [2.24, 2.45) is 10.7 Å². The summed E-state index contributed by atoms with van der Waals surface area (Å²) < 4.78 is 7.92. The lowest BCUT2D eigenvalue weighted by molar-refractivity contribution is 0.551. The Bertz CT molecular complexity index is 1050. The lowest BCUT2D eigenvalue weighted by atomic mass is 10.0. The van der Waals surface area contributed by atoms with Gasteiger partial charge in [0.25, 0.3) is 5.17 Å². The Hall–Kier alpha value is -2.99. The fourth-order valence-corrected chi connectivity index (χ4v) is 3.26. The van der Waals surface area contributed by atoms with E-state index >= 15 is 0 Å². The second-order valence-electron chi connectivity index (χ2n) is 7.28. The highest BCUT2D eigenvalue weighted by Crippen LogP contribution is 2.24. The smallest absolute Gasteiger partial charge is 0.290 e. The third kappa shape index (κ3) is 5.51. The molecule has 5 nitrogen and oxygen atoms in total. The minimum atomic E-state index is 0.104. The van der Waals surface area contributed by atoms with Gasteiger partial charge in [-0.1, -0.05) is 35.9 Å². The number of benzene rings is 2. The first-order chi connectivity index (χ1) is 13.8. The topological polar surface area (TPSA) is 65.4 Å². The van der Waals surface area contributed by atoms with Gasteiger partial charge in [0.2, 0.25) is 0 Å². The van der Waals surface area contributed by atoms with Crippen molar-refractivity contribution in [3.63, 3.8) is 0 Å². The summed E-state index contributed by atoms with van der Waals surface area (Å²) in [7, 11) is 0. The molecule has 0 bridgehead atoms. The molecule has 2 aromatic carbocycles. The van der Waals surface area contributed by atoms with Crippen molar-refractivity contribution >= 4 is 23.2 Å². The third-order valence-corrected chi connectivity index (χ3v) is 4.97. The minimum Gasteiger partial charge on any atom is -0.430 e. The highest BCUT2D eigenvalue weighted by molar-refractivity contribution is 7.80. The maximum Gasteiger partial charge on any atom is 0.290 e. The summed E-state index contributed by atoms with van der Waals surface area (Å²) in [4.78, 5) is 8.51. The summed E-state index contributed by atoms with van der Waals surface area (Å²) in [5, 5.41) is 0.104. The monoisotopic (exact) mass is 406 g/mol. The SMILES string of the molecule is Cc1ccc(C(N)=NC(=S)Oc2cc(C)c(CCn3cnc(C)c3)cc2C)cc1. The highest BCUT2D eigenvalue weighted by atomic mass is 32.1. The van der Waals surface area contributed by atoms with Gasteiger partial charge in [-0.3, -0.25) is 0 Å². The molecule has 2 N–H and O–H groups in total. The summed E-state index contributed by atoms with van der Waals surface area (Å²) in [6.07, 6.45) is 4.84. The molecule has 3 rings (SSSR count). The van der Waals surface area contributed by atoms with Crippen LogP contribution in [-0.2, 0) is 13.0 Å². The van der Waals surface area contributed by atoms with E-state index in [1.54, 1.807) is 0 Å². The van der Waals surface area contributed by atoms with Gasteiger partial charge in [-0.2, -0.15) is 4.99 Å². The van der Waals surface area contributed by atoms with E-state index in [-0.39, 0.29) is 5.17 Å². The van der Waals surface area contributed by atoms with E-state index in [1.807, 2.05) is 57.4 Å². The van der Waals surface area contributed by atoms with E-state index in [1.165, 1.54) is 5.56 Å². The normalized spacial score (nSPS) is 11.5. The number of aryl methyl sites for hydroxylation is 6. The number of nitrogens with zero attached hydrogens (tertiary/aromatic N) is 3. The van der Waals surface area contributed by atoms with E-state index in [4.69, 9.17) is 22.7 Å². The lowest BCUT2D eigenvalue weighted by Crippen LogP contribution is -2.17. The van der Waals surface area contributed by atoms with Crippen LogP contribution in [0.15, 0.2) is 53.9 Å². The molecule has 3 aromatic rings. The molecule has 6 heteroatoms. The van der Waals surface area contributed by atoms with Crippen molar-refractivity contribution in [2.75, 3.05) is 0 Å². The van der Waals surface area contributed by atoms with Gasteiger partial charge in [-0.15, -0.1) is 0 Å². The zero-order chi connectivity index (χ0) is 21.0. The first-order valence-electron chi connectivity index (χ1n) is 9.53. The first-order valence-corrected chi connectivity index (χ1v) is 9.94. The number of thiocarbonyl (C=S) groups is 1. The molecule has 0 saturated heterocycles. The fraction of sp³-hybridized carbons (Fsp3) is 0.261. The second kappa shape index (κ2) is 9.01. The van der Waals surface area contributed by atoms with Crippen LogP contribution in [0.25, 0.3) is 0 Å². The number of ether oxygens (including phenoxy) is 1. The van der Waals surface area contributed by atoms with Crippen LogP contribution in [0.1, 0.15) is 33.5 Å². The van der Waals surface area contributed by atoms with Crippen molar-refractivity contribution in [1.29, 1.82) is 0 Å². The van der Waals surface area contributed by atoms with Crippen molar-refractivity contribution in [3.8, 4) is 5.75 Å². The summed E-state index contributed by atoms with van der Waals surface area (Å²) in [5.74, 6) is 1.05. The van der Waals surface area contributed by atoms with Crippen LogP contribution >= 0.6 is 12.2 Å². The molecule has 0 fully saturated rings. The third-order valence-electron chi connectivity index (χ3n) is 4.79. The van der Waals surface area contributed by atoms with E-state index < -0.39 is 0 Å². The van der Waals surface area contributed by atoms with Gasteiger partial charge < -0.3 is 15.0 Å². The lowest BCUT2D eigenvalue weighted by Gasteiger charge is -2.13. The molecule has 0 aliphatic heterocycles. The number of nitrogens with two attached hydrogens (primary N) is 1. The molecular formula is C23H26N4OS. The molecule has 29 heavy (non-hydrogen) atoms. The van der Waals surface area contributed by atoms with Gasteiger partial charge in [-0.05, 0) is 69.1 Å². The number of aromatic nitrogens is 2. The van der Waals surface area contributed by atoms with Crippen LogP contribution in [0.4, 0.5) is 0 Å². The molecule has 0 aliphatic rings. The Labute approximate surface area is 177 Å². The maximum atomic E-state index is 6.06. The van der Waals surface area contributed by atoms with E-state index in [2.05, 4.69) is 33.7 Å². The number of hydrogen-bond acceptors (Lipinski definition) is 3. The van der Waals surface area contributed by atoms with Gasteiger partial charge in [0.05, 0.1) is 12.0 Å². The van der Waals surface area contributed by atoms with Crippen molar-refractivity contribution < 1.29 is 4.74 Å². The molecule has 0 unspecified atom stereocenters. The summed E-state index contributed by atoms with van der Waals surface area (Å²) in [5.41, 5.74) is 12.5.